The Labute approximate surface area is 116 Å². The lowest BCUT2D eigenvalue weighted by Gasteiger charge is -2.26. The fourth-order valence-electron chi connectivity index (χ4n) is 1.77. The number of rotatable bonds is 8. The smallest absolute Gasteiger partial charge is 0.282 e. The predicted molar refractivity (Wildman–Crippen MR) is 77.7 cm³/mol. The highest BCUT2D eigenvalue weighted by Gasteiger charge is 2.25. The van der Waals surface area contributed by atoms with Gasteiger partial charge >= 0.3 is 0 Å². The van der Waals surface area contributed by atoms with Gasteiger partial charge in [-0.3, -0.25) is 0 Å². The zero-order valence-corrected chi connectivity index (χ0v) is 12.4. The molecule has 0 aliphatic carbocycles. The maximum atomic E-state index is 12.4. The maximum absolute atomic E-state index is 12.4. The lowest BCUT2D eigenvalue weighted by Crippen LogP contribution is -2.42. The molecule has 1 aromatic rings. The molecule has 19 heavy (non-hydrogen) atoms. The number of hydrogen-bond acceptors (Lipinski definition) is 3. The molecule has 0 radical (unpaired) electrons. The fourth-order valence-corrected chi connectivity index (χ4v) is 3.16. The zero-order chi connectivity index (χ0) is 14.3. The van der Waals surface area contributed by atoms with Gasteiger partial charge in [0.1, 0.15) is 0 Å². The van der Waals surface area contributed by atoms with E-state index in [0.29, 0.717) is 32.6 Å². The molecule has 0 bridgehead atoms. The average molecular weight is 285 g/mol. The molecule has 0 aliphatic heterocycles. The lowest BCUT2D eigenvalue weighted by atomic mass is 10.2. The zero-order valence-electron chi connectivity index (χ0n) is 11.6. The van der Waals surface area contributed by atoms with Gasteiger partial charge in [0.2, 0.25) is 0 Å². The van der Waals surface area contributed by atoms with Crippen molar-refractivity contribution in [3.63, 3.8) is 0 Å². The quantitative estimate of drug-likeness (QED) is 0.776. The Morgan fingerprint density at radius 1 is 1.21 bits per heavy atom. The monoisotopic (exact) mass is 285 g/mol. The molecular weight excluding hydrogens is 262 g/mol. The molecule has 5 nitrogen and oxygen atoms in total. The van der Waals surface area contributed by atoms with E-state index in [-0.39, 0.29) is 0 Å². The van der Waals surface area contributed by atoms with Gasteiger partial charge in [-0.15, -0.1) is 0 Å². The highest BCUT2D eigenvalue weighted by Crippen LogP contribution is 2.12. The van der Waals surface area contributed by atoms with E-state index in [4.69, 9.17) is 5.73 Å². The molecule has 0 atom stereocenters. The summed E-state index contributed by atoms with van der Waals surface area (Å²) in [5, 5.41) is 0. The minimum Gasteiger partial charge on any atom is -0.330 e. The van der Waals surface area contributed by atoms with Crippen LogP contribution in [0.1, 0.15) is 18.9 Å². The van der Waals surface area contributed by atoms with Crippen molar-refractivity contribution in [3.8, 4) is 0 Å². The summed E-state index contributed by atoms with van der Waals surface area (Å²) in [4.78, 5) is 0. The van der Waals surface area contributed by atoms with Crippen LogP contribution in [0.4, 0.5) is 0 Å². The van der Waals surface area contributed by atoms with Crippen LogP contribution in [-0.4, -0.2) is 43.7 Å². The summed E-state index contributed by atoms with van der Waals surface area (Å²) in [6.45, 7) is 3.63. The van der Waals surface area contributed by atoms with E-state index in [1.165, 1.54) is 8.61 Å². The maximum Gasteiger partial charge on any atom is 0.282 e. The third kappa shape index (κ3) is 4.58. The molecule has 0 heterocycles. The Morgan fingerprint density at radius 2 is 1.84 bits per heavy atom. The van der Waals surface area contributed by atoms with Crippen LogP contribution in [0, 0.1) is 0 Å². The standard InChI is InChI=1S/C13H23N3O2S/c1-3-16(12-13-8-5-4-6-9-13)19(17,18)15(2)11-7-10-14/h4-6,8-9H,3,7,10-12,14H2,1-2H3. The summed E-state index contributed by atoms with van der Waals surface area (Å²) < 4.78 is 27.6. The number of nitrogens with two attached hydrogens (primary N) is 1. The van der Waals surface area contributed by atoms with Crippen molar-refractivity contribution in [2.75, 3.05) is 26.7 Å². The first-order chi connectivity index (χ1) is 9.02. The Morgan fingerprint density at radius 3 is 2.37 bits per heavy atom. The fraction of sp³-hybridized carbons (Fsp3) is 0.538. The van der Waals surface area contributed by atoms with E-state index in [0.717, 1.165) is 5.56 Å². The summed E-state index contributed by atoms with van der Waals surface area (Å²) in [6, 6.07) is 9.60. The van der Waals surface area contributed by atoms with Crippen molar-refractivity contribution < 1.29 is 8.42 Å². The Balaban J connectivity index is 2.78. The number of nitrogens with zero attached hydrogens (tertiary/aromatic N) is 2. The molecular formula is C13H23N3O2S. The van der Waals surface area contributed by atoms with Gasteiger partial charge in [0.25, 0.3) is 10.2 Å². The predicted octanol–water partition coefficient (Wildman–Crippen LogP) is 1.03. The van der Waals surface area contributed by atoms with Gasteiger partial charge in [-0.1, -0.05) is 37.3 Å². The third-order valence-corrected chi connectivity index (χ3v) is 4.96. The summed E-state index contributed by atoms with van der Waals surface area (Å²) in [5.41, 5.74) is 6.40. The summed E-state index contributed by atoms with van der Waals surface area (Å²) >= 11 is 0. The summed E-state index contributed by atoms with van der Waals surface area (Å²) in [6.07, 6.45) is 0.665. The Hall–Kier alpha value is -0.950. The van der Waals surface area contributed by atoms with Gasteiger partial charge < -0.3 is 5.73 Å². The van der Waals surface area contributed by atoms with Crippen molar-refractivity contribution in [2.45, 2.75) is 19.9 Å². The first-order valence-corrected chi connectivity index (χ1v) is 7.87. The Bertz CT molecular complexity index is 462. The van der Waals surface area contributed by atoms with Crippen molar-refractivity contribution in [1.82, 2.24) is 8.61 Å². The summed E-state index contributed by atoms with van der Waals surface area (Å²) in [7, 11) is -1.81. The second-order valence-electron chi connectivity index (χ2n) is 4.38. The van der Waals surface area contributed by atoms with Crippen molar-refractivity contribution in [2.24, 2.45) is 5.73 Å². The normalized spacial score (nSPS) is 12.3. The van der Waals surface area contributed by atoms with Crippen LogP contribution in [0.2, 0.25) is 0 Å². The second-order valence-corrected chi connectivity index (χ2v) is 6.42. The number of hydrogen-bond donors (Lipinski definition) is 1. The van der Waals surface area contributed by atoms with E-state index < -0.39 is 10.2 Å². The van der Waals surface area contributed by atoms with Crippen LogP contribution in [0.3, 0.4) is 0 Å². The van der Waals surface area contributed by atoms with Gasteiger partial charge in [-0.2, -0.15) is 17.0 Å². The van der Waals surface area contributed by atoms with Gasteiger partial charge in [0, 0.05) is 26.7 Å². The second kappa shape index (κ2) is 7.59. The minimum atomic E-state index is -3.41. The van der Waals surface area contributed by atoms with Gasteiger partial charge in [-0.05, 0) is 18.5 Å². The van der Waals surface area contributed by atoms with Crippen LogP contribution in [0.5, 0.6) is 0 Å². The van der Waals surface area contributed by atoms with E-state index >= 15 is 0 Å². The highest BCUT2D eigenvalue weighted by atomic mass is 32.2. The molecule has 6 heteroatoms. The van der Waals surface area contributed by atoms with Gasteiger partial charge in [-0.25, -0.2) is 0 Å². The average Bonchev–Trinajstić information content (AvgIpc) is 2.42. The molecule has 1 aromatic carbocycles. The topological polar surface area (TPSA) is 66.6 Å². The van der Waals surface area contributed by atoms with E-state index in [1.54, 1.807) is 7.05 Å². The van der Waals surface area contributed by atoms with E-state index in [9.17, 15) is 8.42 Å². The van der Waals surface area contributed by atoms with E-state index in [1.807, 2.05) is 37.3 Å². The molecule has 0 aliphatic rings. The molecule has 0 aromatic heterocycles. The molecule has 0 amide bonds. The molecule has 0 unspecified atom stereocenters. The van der Waals surface area contributed by atoms with Gasteiger partial charge in [0.15, 0.2) is 0 Å². The van der Waals surface area contributed by atoms with Crippen LogP contribution in [0.25, 0.3) is 0 Å². The molecule has 0 spiro atoms. The highest BCUT2D eigenvalue weighted by molar-refractivity contribution is 7.86. The van der Waals surface area contributed by atoms with Crippen molar-refractivity contribution >= 4 is 10.2 Å². The Kier molecular flexibility index (Phi) is 6.44. The van der Waals surface area contributed by atoms with Crippen LogP contribution < -0.4 is 5.73 Å². The van der Waals surface area contributed by atoms with E-state index in [2.05, 4.69) is 0 Å². The molecule has 108 valence electrons. The van der Waals surface area contributed by atoms with Crippen molar-refractivity contribution in [3.05, 3.63) is 35.9 Å². The first kappa shape index (κ1) is 16.1. The number of benzene rings is 1. The first-order valence-electron chi connectivity index (χ1n) is 6.47. The molecule has 0 saturated carbocycles. The SMILES string of the molecule is CCN(Cc1ccccc1)S(=O)(=O)N(C)CCCN. The minimum absolute atomic E-state index is 0.395. The third-order valence-electron chi connectivity index (χ3n) is 2.95. The lowest BCUT2D eigenvalue weighted by molar-refractivity contribution is 0.362. The molecule has 2 N–H and O–H groups in total. The van der Waals surface area contributed by atoms with Crippen LogP contribution >= 0.6 is 0 Å². The summed E-state index contributed by atoms with van der Waals surface area (Å²) in [5.74, 6) is 0. The largest absolute Gasteiger partial charge is 0.330 e. The molecule has 0 fully saturated rings. The van der Waals surface area contributed by atoms with Crippen LogP contribution in [0.15, 0.2) is 30.3 Å². The van der Waals surface area contributed by atoms with Crippen molar-refractivity contribution in [1.29, 1.82) is 0 Å². The van der Waals surface area contributed by atoms with Gasteiger partial charge in [0.05, 0.1) is 0 Å². The molecule has 1 rings (SSSR count). The molecule has 0 saturated heterocycles. The van der Waals surface area contributed by atoms with Crippen LogP contribution in [-0.2, 0) is 16.8 Å².